The summed E-state index contributed by atoms with van der Waals surface area (Å²) in [7, 11) is 6.85. The van der Waals surface area contributed by atoms with Crippen LogP contribution in [0.5, 0.6) is 0 Å². The highest BCUT2D eigenvalue weighted by Gasteiger charge is 2.37. The summed E-state index contributed by atoms with van der Waals surface area (Å²) in [6.07, 6.45) is 1.13. The highest BCUT2D eigenvalue weighted by atomic mass is 33.1. The molecular formula is C46H88N6O6S4. The first-order valence-electron chi connectivity index (χ1n) is 22.6. The second-order valence-corrected chi connectivity index (χ2v) is 27.7. The third kappa shape index (κ3) is 25.1. The van der Waals surface area contributed by atoms with Gasteiger partial charge in [0.05, 0.1) is 0 Å². The SMILES string of the molecule is CCC(=O)N(CCCC(=O)N(CCSSC(C)(C)C)C(C(=O)NC(C)(C)C)C(C)C)C(C(=O)NCCCC(=O)N(CCSSC(C)(C)C)C(C(=O)NC(C)(C)C)C(C)C)C(C)C. The molecule has 3 atom stereocenters. The van der Waals surface area contributed by atoms with Crippen molar-refractivity contribution in [2.24, 2.45) is 17.8 Å². The van der Waals surface area contributed by atoms with Gasteiger partial charge in [0.1, 0.15) is 18.1 Å². The summed E-state index contributed by atoms with van der Waals surface area (Å²) in [4.78, 5) is 87.5. The van der Waals surface area contributed by atoms with Crippen LogP contribution in [0.15, 0.2) is 0 Å². The standard InChI is InChI=1S/C46H88N6O6S4/c1-20-34(53)50(26-22-24-36(55)52(28-30-60-62-46(17,18)19)39(33(6)7)42(58)49-44(11,12)13)37(31(2)3)40(56)47-25-21-23-35(54)51(27-29-59-61-45(14,15)16)38(32(4)5)41(57)48-43(8,9)10/h31-33,37-39H,20-30H2,1-19H3,(H,47,56)(H,48,57)(H,49,58). The van der Waals surface area contributed by atoms with Gasteiger partial charge < -0.3 is 30.7 Å². The summed E-state index contributed by atoms with van der Waals surface area (Å²) in [5.41, 5.74) is -0.925. The molecule has 0 saturated carbocycles. The van der Waals surface area contributed by atoms with Crippen LogP contribution in [0.3, 0.4) is 0 Å². The van der Waals surface area contributed by atoms with Crippen LogP contribution in [0.4, 0.5) is 0 Å². The fourth-order valence-corrected chi connectivity index (χ4v) is 11.2. The maximum atomic E-state index is 14.1. The summed E-state index contributed by atoms with van der Waals surface area (Å²) in [5, 5.41) is 9.14. The molecule has 0 aromatic rings. The third-order valence-corrected chi connectivity index (χ3v) is 15.7. The van der Waals surface area contributed by atoms with E-state index in [2.05, 4.69) is 57.5 Å². The molecule has 3 unspecified atom stereocenters. The lowest BCUT2D eigenvalue weighted by atomic mass is 9.98. The summed E-state index contributed by atoms with van der Waals surface area (Å²) in [5.74, 6) is -0.343. The van der Waals surface area contributed by atoms with Gasteiger partial charge in [0, 0.05) is 77.5 Å². The molecule has 0 aliphatic heterocycles. The Bertz CT molecular complexity index is 1420. The third-order valence-electron chi connectivity index (χ3n) is 9.07. The van der Waals surface area contributed by atoms with Gasteiger partial charge in [-0.3, -0.25) is 28.8 Å². The van der Waals surface area contributed by atoms with E-state index in [4.69, 9.17) is 0 Å². The van der Waals surface area contributed by atoms with E-state index in [1.807, 2.05) is 83.1 Å². The first-order valence-corrected chi connectivity index (χ1v) is 27.3. The van der Waals surface area contributed by atoms with Crippen LogP contribution >= 0.6 is 43.2 Å². The minimum atomic E-state index is -0.781. The van der Waals surface area contributed by atoms with E-state index in [9.17, 15) is 28.8 Å². The summed E-state index contributed by atoms with van der Waals surface area (Å²) in [6.45, 7) is 39.0. The molecule has 6 amide bonds. The Labute approximate surface area is 393 Å². The molecule has 0 saturated heterocycles. The van der Waals surface area contributed by atoms with Crippen molar-refractivity contribution >= 4 is 78.6 Å². The lowest BCUT2D eigenvalue weighted by Gasteiger charge is -2.36. The molecule has 0 aliphatic rings. The molecule has 0 rings (SSSR count). The molecule has 12 nitrogen and oxygen atoms in total. The minimum absolute atomic E-state index is 0.0420. The number of carbonyl (C=O) groups excluding carboxylic acids is 6. The highest BCUT2D eigenvalue weighted by molar-refractivity contribution is 8.77. The van der Waals surface area contributed by atoms with E-state index in [0.29, 0.717) is 37.4 Å². The van der Waals surface area contributed by atoms with Crippen molar-refractivity contribution < 1.29 is 28.8 Å². The van der Waals surface area contributed by atoms with Gasteiger partial charge in [-0.05, 0) is 72.1 Å². The van der Waals surface area contributed by atoms with Gasteiger partial charge in [-0.15, -0.1) is 0 Å². The van der Waals surface area contributed by atoms with Crippen molar-refractivity contribution in [1.29, 1.82) is 0 Å². The maximum absolute atomic E-state index is 14.1. The lowest BCUT2D eigenvalue weighted by molar-refractivity contribution is -0.144. The van der Waals surface area contributed by atoms with Crippen molar-refractivity contribution in [1.82, 2.24) is 30.7 Å². The second kappa shape index (κ2) is 27.6. The van der Waals surface area contributed by atoms with Crippen LogP contribution in [0, 0.1) is 17.8 Å². The number of nitrogens with zero attached hydrogens (tertiary/aromatic N) is 3. The van der Waals surface area contributed by atoms with Crippen molar-refractivity contribution in [3.63, 3.8) is 0 Å². The number of hydrogen-bond donors (Lipinski definition) is 3. The van der Waals surface area contributed by atoms with Crippen LogP contribution in [-0.2, 0) is 28.8 Å². The summed E-state index contributed by atoms with van der Waals surface area (Å²) < 4.78 is 0.0928. The molecule has 0 aromatic carbocycles. The van der Waals surface area contributed by atoms with E-state index < -0.39 is 29.2 Å². The fraction of sp³-hybridized carbons (Fsp3) is 0.870. The molecule has 0 radical (unpaired) electrons. The van der Waals surface area contributed by atoms with E-state index >= 15 is 0 Å². The highest BCUT2D eigenvalue weighted by Crippen LogP contribution is 2.36. The quantitative estimate of drug-likeness (QED) is 0.0568. The van der Waals surface area contributed by atoms with Crippen LogP contribution in [0.25, 0.3) is 0 Å². The number of carbonyl (C=O) groups is 6. The molecule has 0 spiro atoms. The minimum Gasteiger partial charge on any atom is -0.354 e. The Balaban J connectivity index is 6.07. The lowest BCUT2D eigenvalue weighted by Crippen LogP contribution is -2.56. The Morgan fingerprint density at radius 2 is 0.823 bits per heavy atom. The maximum Gasteiger partial charge on any atom is 0.243 e. The molecular weight excluding hydrogens is 861 g/mol. The fourth-order valence-electron chi connectivity index (χ4n) is 6.71. The van der Waals surface area contributed by atoms with Gasteiger partial charge in [0.2, 0.25) is 35.4 Å². The molecule has 0 fully saturated rings. The average molecular weight is 950 g/mol. The molecule has 16 heteroatoms. The Morgan fingerprint density at radius 1 is 0.484 bits per heavy atom. The summed E-state index contributed by atoms with van der Waals surface area (Å²) in [6, 6.07) is -2.08. The van der Waals surface area contributed by atoms with Crippen molar-refractivity contribution in [3.05, 3.63) is 0 Å². The number of hydrogen-bond acceptors (Lipinski definition) is 10. The van der Waals surface area contributed by atoms with Crippen LogP contribution in [0.2, 0.25) is 0 Å². The smallest absolute Gasteiger partial charge is 0.243 e. The first-order chi connectivity index (χ1) is 28.2. The Morgan fingerprint density at radius 3 is 1.15 bits per heavy atom. The van der Waals surface area contributed by atoms with Gasteiger partial charge in [-0.2, -0.15) is 0 Å². The van der Waals surface area contributed by atoms with Gasteiger partial charge in [-0.1, -0.05) is 133 Å². The van der Waals surface area contributed by atoms with Crippen molar-refractivity contribution in [2.75, 3.05) is 37.7 Å². The van der Waals surface area contributed by atoms with Crippen molar-refractivity contribution in [3.8, 4) is 0 Å². The number of amides is 6. The Kier molecular flexibility index (Phi) is 26.8. The second-order valence-electron chi connectivity index (χ2n) is 21.2. The van der Waals surface area contributed by atoms with Crippen LogP contribution < -0.4 is 16.0 Å². The molecule has 0 aromatic heterocycles. The van der Waals surface area contributed by atoms with Crippen molar-refractivity contribution in [2.45, 2.75) is 202 Å². The molecule has 0 heterocycles. The Hall–Kier alpha value is -1.78. The van der Waals surface area contributed by atoms with E-state index in [1.54, 1.807) is 64.8 Å². The number of rotatable bonds is 26. The van der Waals surface area contributed by atoms with Crippen LogP contribution in [0.1, 0.15) is 164 Å². The molecule has 0 bridgehead atoms. The molecule has 362 valence electrons. The molecule has 62 heavy (non-hydrogen) atoms. The zero-order valence-electron chi connectivity index (χ0n) is 42.2. The predicted molar refractivity (Wildman–Crippen MR) is 268 cm³/mol. The van der Waals surface area contributed by atoms with Gasteiger partial charge in [0.25, 0.3) is 0 Å². The van der Waals surface area contributed by atoms with E-state index in [-0.39, 0.29) is 95.0 Å². The molecule has 0 aliphatic carbocycles. The largest absolute Gasteiger partial charge is 0.354 e. The zero-order chi connectivity index (χ0) is 48.4. The topological polar surface area (TPSA) is 148 Å². The zero-order valence-corrected chi connectivity index (χ0v) is 45.4. The van der Waals surface area contributed by atoms with Gasteiger partial charge in [-0.25, -0.2) is 0 Å². The monoisotopic (exact) mass is 949 g/mol. The van der Waals surface area contributed by atoms with Gasteiger partial charge >= 0.3 is 0 Å². The average Bonchev–Trinajstić information content (AvgIpc) is 3.08. The number of nitrogens with one attached hydrogen (secondary N) is 3. The van der Waals surface area contributed by atoms with Crippen LogP contribution in [-0.4, -0.2) is 127 Å². The van der Waals surface area contributed by atoms with E-state index in [1.165, 1.54) is 0 Å². The predicted octanol–water partition coefficient (Wildman–Crippen LogP) is 8.82. The van der Waals surface area contributed by atoms with E-state index in [0.717, 1.165) is 0 Å². The van der Waals surface area contributed by atoms with Gasteiger partial charge in [0.15, 0.2) is 0 Å². The first kappa shape index (κ1) is 60.2. The summed E-state index contributed by atoms with van der Waals surface area (Å²) >= 11 is 0. The normalized spacial score (nSPS) is 14.0. The molecule has 3 N–H and O–H groups in total.